The van der Waals surface area contributed by atoms with E-state index < -0.39 is 22.7 Å². The molecule has 9 heteroatoms. The molecule has 1 N–H and O–H groups in total. The maximum absolute atomic E-state index is 13.2. The molecule has 0 bridgehead atoms. The number of amides is 1. The van der Waals surface area contributed by atoms with E-state index in [0.717, 1.165) is 45.3 Å². The third kappa shape index (κ3) is 6.77. The van der Waals surface area contributed by atoms with E-state index in [4.69, 9.17) is 4.74 Å². The van der Waals surface area contributed by atoms with Gasteiger partial charge in [0.05, 0.1) is 23.6 Å². The van der Waals surface area contributed by atoms with Gasteiger partial charge in [0.15, 0.2) is 0 Å². The largest absolute Gasteiger partial charge is 0.507 e. The van der Waals surface area contributed by atoms with Gasteiger partial charge in [-0.15, -0.1) is 0 Å². The number of unbranched alkanes of at least 4 members (excludes halogenated alkanes) is 2. The third-order valence-corrected chi connectivity index (χ3v) is 6.85. The summed E-state index contributed by atoms with van der Waals surface area (Å²) in [5.74, 6) is -1.16. The summed E-state index contributed by atoms with van der Waals surface area (Å²) in [4.78, 5) is 40.9. The number of likely N-dealkylation sites (tertiary alicyclic amines) is 1. The molecule has 1 fully saturated rings. The lowest BCUT2D eigenvalue weighted by Crippen LogP contribution is -2.34. The van der Waals surface area contributed by atoms with E-state index >= 15 is 0 Å². The number of ether oxygens (including phenoxy) is 1. The lowest BCUT2D eigenvalue weighted by Gasteiger charge is -2.27. The number of ketones is 1. The smallest absolute Gasteiger partial charge is 0.295 e. The number of hydrogen-bond acceptors (Lipinski definition) is 7. The summed E-state index contributed by atoms with van der Waals surface area (Å²) in [6.45, 7) is 7.48. The molecule has 1 unspecified atom stereocenters. The average molecular weight is 524 g/mol. The molecule has 0 aromatic heterocycles. The molecule has 9 nitrogen and oxygen atoms in total. The van der Waals surface area contributed by atoms with Gasteiger partial charge in [-0.25, -0.2) is 0 Å². The van der Waals surface area contributed by atoms with Crippen molar-refractivity contribution in [3.63, 3.8) is 0 Å². The van der Waals surface area contributed by atoms with Crippen molar-refractivity contribution < 1.29 is 24.4 Å². The van der Waals surface area contributed by atoms with Crippen LogP contribution in [0.5, 0.6) is 5.75 Å². The van der Waals surface area contributed by atoms with Crippen LogP contribution in [-0.2, 0) is 9.59 Å². The van der Waals surface area contributed by atoms with E-state index in [1.54, 1.807) is 31.4 Å². The maximum Gasteiger partial charge on any atom is 0.295 e. The zero-order valence-electron chi connectivity index (χ0n) is 22.4. The molecule has 38 heavy (non-hydrogen) atoms. The summed E-state index contributed by atoms with van der Waals surface area (Å²) in [5.41, 5.74) is 0.743. The minimum atomic E-state index is -0.782. The molecule has 0 aliphatic carbocycles. The predicted molar refractivity (Wildman–Crippen MR) is 146 cm³/mol. The monoisotopic (exact) mass is 523 g/mol. The molecule has 1 atom stereocenters. The van der Waals surface area contributed by atoms with Gasteiger partial charge in [-0.2, -0.15) is 0 Å². The van der Waals surface area contributed by atoms with Crippen LogP contribution in [0.15, 0.2) is 54.1 Å². The van der Waals surface area contributed by atoms with Crippen molar-refractivity contribution in [2.45, 2.75) is 52.0 Å². The van der Waals surface area contributed by atoms with Crippen LogP contribution in [0.1, 0.15) is 63.1 Å². The third-order valence-electron chi connectivity index (χ3n) is 6.85. The molecule has 0 spiro atoms. The van der Waals surface area contributed by atoms with Crippen LogP contribution in [-0.4, -0.2) is 64.8 Å². The predicted octanol–water partition coefficient (Wildman–Crippen LogP) is 5.32. The van der Waals surface area contributed by atoms with Gasteiger partial charge in [-0.05, 0) is 68.7 Å². The fourth-order valence-electron chi connectivity index (χ4n) is 4.70. The quantitative estimate of drug-likeness (QED) is 0.117. The molecule has 0 saturated carbocycles. The number of aliphatic hydroxyl groups is 1. The topological polar surface area (TPSA) is 113 Å². The van der Waals surface area contributed by atoms with E-state index in [0.29, 0.717) is 24.3 Å². The number of carbonyl (C=O) groups excluding carboxylic acids is 2. The standard InChI is InChI=1S/C29H37N3O6/c1-4-6-17-30(18-7-5-2)19-8-20-31-26(21-11-15-24(38-3)16-12-21)25(28(34)29(31)35)27(33)22-9-13-23(14-10-22)32(36)37/h9-16,26,33H,4-8,17-20H2,1-3H3/b27-25-. The van der Waals surface area contributed by atoms with Crippen LogP contribution in [0.2, 0.25) is 0 Å². The minimum Gasteiger partial charge on any atom is -0.507 e. The molecule has 3 rings (SSSR count). The maximum atomic E-state index is 13.2. The summed E-state index contributed by atoms with van der Waals surface area (Å²) in [5, 5.41) is 22.2. The number of Topliss-reactive ketones (excluding diaryl/α,β-unsaturated/α-hetero) is 1. The molecule has 0 radical (unpaired) electrons. The Kier molecular flexibility index (Phi) is 10.4. The number of rotatable bonds is 14. The highest BCUT2D eigenvalue weighted by Gasteiger charge is 2.45. The Hall–Kier alpha value is -3.72. The SMILES string of the molecule is CCCCN(CCCC)CCCN1C(=O)C(=O)/C(=C(\O)c2ccc([N+](=O)[O-])cc2)C1c1ccc(OC)cc1. The van der Waals surface area contributed by atoms with Gasteiger partial charge in [0.1, 0.15) is 11.5 Å². The summed E-state index contributed by atoms with van der Waals surface area (Å²) < 4.78 is 5.26. The summed E-state index contributed by atoms with van der Waals surface area (Å²) in [7, 11) is 1.55. The zero-order valence-corrected chi connectivity index (χ0v) is 22.4. The van der Waals surface area contributed by atoms with Crippen molar-refractivity contribution in [1.29, 1.82) is 0 Å². The number of methoxy groups -OCH3 is 1. The van der Waals surface area contributed by atoms with Crippen molar-refractivity contribution in [2.24, 2.45) is 0 Å². The van der Waals surface area contributed by atoms with Crippen molar-refractivity contribution in [2.75, 3.05) is 33.3 Å². The van der Waals surface area contributed by atoms with Crippen LogP contribution in [0.25, 0.3) is 5.76 Å². The number of hydrogen-bond donors (Lipinski definition) is 1. The highest BCUT2D eigenvalue weighted by molar-refractivity contribution is 6.46. The minimum absolute atomic E-state index is 0.0251. The lowest BCUT2D eigenvalue weighted by atomic mass is 9.95. The van der Waals surface area contributed by atoms with Crippen LogP contribution in [0, 0.1) is 10.1 Å². The Labute approximate surface area is 223 Å². The average Bonchev–Trinajstić information content (AvgIpc) is 3.18. The molecular formula is C29H37N3O6. The first-order chi connectivity index (χ1) is 18.3. The second-order valence-corrected chi connectivity index (χ2v) is 9.47. The van der Waals surface area contributed by atoms with Crippen LogP contribution < -0.4 is 4.74 Å². The van der Waals surface area contributed by atoms with Gasteiger partial charge in [0, 0.05) is 24.2 Å². The molecule has 204 valence electrons. The van der Waals surface area contributed by atoms with Gasteiger partial charge in [-0.3, -0.25) is 19.7 Å². The molecule has 2 aromatic rings. The van der Waals surface area contributed by atoms with E-state index in [1.807, 2.05) is 0 Å². The number of benzene rings is 2. The van der Waals surface area contributed by atoms with Gasteiger partial charge >= 0.3 is 0 Å². The zero-order chi connectivity index (χ0) is 27.7. The second-order valence-electron chi connectivity index (χ2n) is 9.47. The summed E-state index contributed by atoms with van der Waals surface area (Å²) in [6, 6.07) is 11.5. The number of carbonyl (C=O) groups is 2. The van der Waals surface area contributed by atoms with Crippen molar-refractivity contribution in [3.8, 4) is 5.75 Å². The molecule has 1 saturated heterocycles. The normalized spacial score (nSPS) is 16.8. The number of non-ortho nitro benzene ring substituents is 1. The number of nitrogens with zero attached hydrogens (tertiary/aromatic N) is 3. The van der Waals surface area contributed by atoms with Crippen LogP contribution in [0.4, 0.5) is 5.69 Å². The molecular weight excluding hydrogens is 486 g/mol. The Morgan fingerprint density at radius 1 is 0.974 bits per heavy atom. The van der Waals surface area contributed by atoms with Crippen molar-refractivity contribution in [3.05, 3.63) is 75.3 Å². The van der Waals surface area contributed by atoms with E-state index in [-0.39, 0.29) is 22.6 Å². The Balaban J connectivity index is 1.94. The van der Waals surface area contributed by atoms with Crippen molar-refractivity contribution in [1.82, 2.24) is 9.80 Å². The number of nitro groups is 1. The van der Waals surface area contributed by atoms with Gasteiger partial charge in [0.2, 0.25) is 0 Å². The Morgan fingerprint density at radius 3 is 2.08 bits per heavy atom. The fraction of sp³-hybridized carbons (Fsp3) is 0.448. The van der Waals surface area contributed by atoms with Gasteiger partial charge < -0.3 is 19.6 Å². The molecule has 2 aromatic carbocycles. The Morgan fingerprint density at radius 2 is 1.55 bits per heavy atom. The first-order valence-corrected chi connectivity index (χ1v) is 13.2. The first-order valence-electron chi connectivity index (χ1n) is 13.2. The van der Waals surface area contributed by atoms with E-state index in [1.165, 1.54) is 29.2 Å². The molecule has 1 amide bonds. The van der Waals surface area contributed by atoms with E-state index in [2.05, 4.69) is 18.7 Å². The molecule has 1 aliphatic rings. The van der Waals surface area contributed by atoms with E-state index in [9.17, 15) is 24.8 Å². The van der Waals surface area contributed by atoms with Crippen LogP contribution in [0.3, 0.4) is 0 Å². The number of aliphatic hydroxyl groups excluding tert-OH is 1. The fourth-order valence-corrected chi connectivity index (χ4v) is 4.70. The van der Waals surface area contributed by atoms with Crippen LogP contribution >= 0.6 is 0 Å². The first kappa shape index (κ1) is 28.8. The Bertz CT molecular complexity index is 1140. The number of nitro benzene ring substituents is 1. The highest BCUT2D eigenvalue weighted by Crippen LogP contribution is 2.40. The molecule has 1 heterocycles. The highest BCUT2D eigenvalue weighted by atomic mass is 16.6. The summed E-state index contributed by atoms with van der Waals surface area (Å²) >= 11 is 0. The summed E-state index contributed by atoms with van der Waals surface area (Å²) in [6.07, 6.45) is 5.12. The molecule has 1 aliphatic heterocycles. The van der Waals surface area contributed by atoms with Gasteiger partial charge in [0.25, 0.3) is 17.4 Å². The second kappa shape index (κ2) is 13.7. The van der Waals surface area contributed by atoms with Crippen molar-refractivity contribution >= 4 is 23.1 Å². The van der Waals surface area contributed by atoms with Gasteiger partial charge in [-0.1, -0.05) is 38.8 Å². The lowest BCUT2D eigenvalue weighted by molar-refractivity contribution is -0.384.